The molecule has 0 aliphatic rings. The molecule has 0 aliphatic carbocycles. The maximum Gasteiger partial charge on any atom is 0.229 e. The van der Waals surface area contributed by atoms with Gasteiger partial charge >= 0.3 is 0 Å². The number of carboxylic acids is 1. The highest BCUT2D eigenvalue weighted by Gasteiger charge is 2.43. The lowest BCUT2D eigenvalue weighted by molar-refractivity contribution is -0.301. The van der Waals surface area contributed by atoms with Gasteiger partial charge in [-0.1, -0.05) is 35.4 Å². The summed E-state index contributed by atoms with van der Waals surface area (Å²) in [6, 6.07) is 6.99. The van der Waals surface area contributed by atoms with Crippen LogP contribution in [-0.4, -0.2) is 23.2 Å². The molecule has 0 aliphatic heterocycles. The van der Waals surface area contributed by atoms with Gasteiger partial charge in [0.2, 0.25) is 18.2 Å². The Morgan fingerprint density at radius 3 is 1.25 bits per heavy atom. The fraction of sp³-hybridized carbons (Fsp3) is 0.318. The Morgan fingerprint density at radius 1 is 0.714 bits per heavy atom. The van der Waals surface area contributed by atoms with Crippen molar-refractivity contribution in [1.29, 1.82) is 0 Å². The molecular formula is C22H24O5P-. The number of hydrogen-bond acceptors (Lipinski definition) is 5. The van der Waals surface area contributed by atoms with Crippen molar-refractivity contribution >= 4 is 24.2 Å². The van der Waals surface area contributed by atoms with Crippen molar-refractivity contribution < 1.29 is 24.1 Å². The number of aryl methyl sites for hydroxylation is 6. The van der Waals surface area contributed by atoms with Crippen molar-refractivity contribution in [3.05, 3.63) is 68.8 Å². The standard InChI is InChI=1S/C22H25O5P/c1-12-7-14(3)19(15(4)8-12)21(25)28(27,11-18(23)24)22(26)20-16(5)9-13(2)10-17(20)6/h7-10H,11H2,1-6H3,(H,23,24)/p-1. The van der Waals surface area contributed by atoms with Gasteiger partial charge in [-0.2, -0.15) is 0 Å². The van der Waals surface area contributed by atoms with Crippen LogP contribution in [-0.2, 0) is 9.36 Å². The van der Waals surface area contributed by atoms with E-state index < -0.39 is 30.3 Å². The molecule has 6 heteroatoms. The Balaban J connectivity index is 2.72. The van der Waals surface area contributed by atoms with Gasteiger partial charge in [-0.05, 0) is 63.8 Å². The molecule has 5 nitrogen and oxygen atoms in total. The van der Waals surface area contributed by atoms with Crippen molar-refractivity contribution in [2.24, 2.45) is 0 Å². The topological polar surface area (TPSA) is 91.3 Å². The molecule has 148 valence electrons. The first-order valence-electron chi connectivity index (χ1n) is 8.93. The first kappa shape index (κ1) is 21.8. The molecule has 2 rings (SSSR count). The fourth-order valence-corrected chi connectivity index (χ4v) is 6.08. The Bertz CT molecular complexity index is 929. The minimum atomic E-state index is -4.48. The SMILES string of the molecule is Cc1cc(C)c(C(=O)P(=O)(CC(=O)[O-])C(=O)c2c(C)cc(C)cc2C)c(C)c1. The lowest BCUT2D eigenvalue weighted by atomic mass is 10.0. The van der Waals surface area contributed by atoms with Crippen LogP contribution in [0, 0.1) is 41.5 Å². The van der Waals surface area contributed by atoms with Crippen LogP contribution in [0.1, 0.15) is 54.1 Å². The van der Waals surface area contributed by atoms with E-state index in [1.165, 1.54) is 0 Å². The van der Waals surface area contributed by atoms with E-state index in [2.05, 4.69) is 0 Å². The van der Waals surface area contributed by atoms with Crippen LogP contribution in [0.2, 0.25) is 0 Å². The van der Waals surface area contributed by atoms with E-state index in [4.69, 9.17) is 0 Å². The van der Waals surface area contributed by atoms with E-state index in [1.807, 2.05) is 13.8 Å². The number of rotatable bonds is 6. The van der Waals surface area contributed by atoms with Gasteiger partial charge in [0.15, 0.2) is 0 Å². The van der Waals surface area contributed by atoms with Crippen molar-refractivity contribution in [1.82, 2.24) is 0 Å². The molecule has 0 aromatic heterocycles. The summed E-state index contributed by atoms with van der Waals surface area (Å²) < 4.78 is 13.7. The maximum atomic E-state index is 13.7. The Hall–Kier alpha value is -2.52. The van der Waals surface area contributed by atoms with E-state index in [1.54, 1.807) is 52.0 Å². The van der Waals surface area contributed by atoms with Gasteiger partial charge in [0.1, 0.15) is 0 Å². The summed E-state index contributed by atoms with van der Waals surface area (Å²) in [4.78, 5) is 37.9. The van der Waals surface area contributed by atoms with Crippen molar-refractivity contribution in [2.75, 3.05) is 6.16 Å². The third kappa shape index (κ3) is 4.00. The van der Waals surface area contributed by atoms with Gasteiger partial charge in [-0.25, -0.2) is 0 Å². The largest absolute Gasteiger partial charge is 0.550 e. The van der Waals surface area contributed by atoms with Gasteiger partial charge in [0, 0.05) is 17.1 Å². The molecule has 0 radical (unpaired) electrons. The second-order valence-electron chi connectivity index (χ2n) is 7.43. The second-order valence-corrected chi connectivity index (χ2v) is 10.0. The number of hydrogen-bond donors (Lipinski definition) is 0. The zero-order chi connectivity index (χ0) is 21.4. The molecule has 2 aromatic carbocycles. The lowest BCUT2D eigenvalue weighted by Gasteiger charge is -2.21. The average molecular weight is 399 g/mol. The predicted octanol–water partition coefficient (Wildman–Crippen LogP) is 3.63. The molecule has 0 unspecified atom stereocenters. The summed E-state index contributed by atoms with van der Waals surface area (Å²) >= 11 is 0. The van der Waals surface area contributed by atoms with Gasteiger partial charge in [0.05, 0.1) is 6.16 Å². The third-order valence-electron chi connectivity index (χ3n) is 4.79. The van der Waals surface area contributed by atoms with Crippen LogP contribution in [0.15, 0.2) is 24.3 Å². The quantitative estimate of drug-likeness (QED) is 0.692. The molecule has 28 heavy (non-hydrogen) atoms. The molecule has 0 heterocycles. The Labute approximate surface area is 165 Å². The average Bonchev–Trinajstić information content (AvgIpc) is 2.51. The Kier molecular flexibility index (Phi) is 6.10. The predicted molar refractivity (Wildman–Crippen MR) is 107 cm³/mol. The highest BCUT2D eigenvalue weighted by atomic mass is 31.2. The van der Waals surface area contributed by atoms with Gasteiger partial charge in [-0.15, -0.1) is 0 Å². The third-order valence-corrected chi connectivity index (χ3v) is 7.25. The molecular weight excluding hydrogens is 375 g/mol. The number of carbonyl (C=O) groups excluding carboxylic acids is 3. The first-order valence-corrected chi connectivity index (χ1v) is 10.8. The van der Waals surface area contributed by atoms with Crippen molar-refractivity contribution in [3.63, 3.8) is 0 Å². The molecule has 0 fully saturated rings. The highest BCUT2D eigenvalue weighted by Crippen LogP contribution is 2.53. The molecule has 0 bridgehead atoms. The van der Waals surface area contributed by atoms with Crippen molar-refractivity contribution in [3.8, 4) is 0 Å². The summed E-state index contributed by atoms with van der Waals surface area (Å²) in [5, 5.41) is 11.3. The van der Waals surface area contributed by atoms with Crippen LogP contribution < -0.4 is 5.11 Å². The minimum Gasteiger partial charge on any atom is -0.550 e. The highest BCUT2D eigenvalue weighted by molar-refractivity contribution is 7.96. The van der Waals surface area contributed by atoms with Crippen LogP contribution in [0.5, 0.6) is 0 Å². The number of aliphatic carboxylic acids is 1. The Morgan fingerprint density at radius 2 is 1.00 bits per heavy atom. The molecule has 0 saturated carbocycles. The van der Waals surface area contributed by atoms with E-state index in [-0.39, 0.29) is 11.1 Å². The summed E-state index contributed by atoms with van der Waals surface area (Å²) in [5.41, 5.74) is 2.52. The number of carbonyl (C=O) groups is 3. The summed E-state index contributed by atoms with van der Waals surface area (Å²) in [6.07, 6.45) is -1.11. The maximum absolute atomic E-state index is 13.7. The van der Waals surface area contributed by atoms with Crippen LogP contribution in [0.3, 0.4) is 0 Å². The van der Waals surface area contributed by atoms with E-state index >= 15 is 0 Å². The minimum absolute atomic E-state index is 0.144. The van der Waals surface area contributed by atoms with E-state index in [9.17, 15) is 24.1 Å². The number of carboxylic acid groups (broad SMARTS) is 1. The molecule has 0 amide bonds. The second kappa shape index (κ2) is 7.84. The fourth-order valence-electron chi connectivity index (χ4n) is 3.81. The van der Waals surface area contributed by atoms with E-state index in [0.717, 1.165) is 11.1 Å². The zero-order valence-corrected chi connectivity index (χ0v) is 17.9. The van der Waals surface area contributed by atoms with E-state index in [0.29, 0.717) is 22.3 Å². The van der Waals surface area contributed by atoms with Gasteiger partial charge in [-0.3, -0.25) is 9.59 Å². The molecule has 0 spiro atoms. The summed E-state index contributed by atoms with van der Waals surface area (Å²) in [5.74, 6) is -1.69. The van der Waals surface area contributed by atoms with Crippen LogP contribution in [0.25, 0.3) is 0 Å². The molecule has 2 aromatic rings. The zero-order valence-electron chi connectivity index (χ0n) is 17.0. The number of benzene rings is 2. The first-order chi connectivity index (χ1) is 12.9. The van der Waals surface area contributed by atoms with Crippen LogP contribution in [0.4, 0.5) is 0 Å². The van der Waals surface area contributed by atoms with Crippen molar-refractivity contribution in [2.45, 2.75) is 41.5 Å². The van der Waals surface area contributed by atoms with Gasteiger partial charge < -0.3 is 14.5 Å². The molecule has 0 atom stereocenters. The summed E-state index contributed by atoms with van der Waals surface area (Å²) in [7, 11) is -4.48. The normalized spacial score (nSPS) is 11.4. The monoisotopic (exact) mass is 399 g/mol. The molecule has 0 saturated heterocycles. The molecule has 0 N–H and O–H groups in total. The van der Waals surface area contributed by atoms with Gasteiger partial charge in [0.25, 0.3) is 0 Å². The lowest BCUT2D eigenvalue weighted by Crippen LogP contribution is -2.30. The smallest absolute Gasteiger partial charge is 0.229 e. The van der Waals surface area contributed by atoms with Crippen LogP contribution >= 0.6 is 7.14 Å². The summed E-state index contributed by atoms with van der Waals surface area (Å²) in [6.45, 7) is 10.5.